The minimum atomic E-state index is 0.00462. The Kier molecular flexibility index (Phi) is 7.62. The molecule has 0 spiro atoms. The summed E-state index contributed by atoms with van der Waals surface area (Å²) in [7, 11) is 1.71. The molecule has 0 radical (unpaired) electrons. The summed E-state index contributed by atoms with van der Waals surface area (Å²) in [5, 5.41) is 0. The molecule has 152 valence electrons. The first-order chi connectivity index (χ1) is 13.7. The number of nitrogens with zero attached hydrogens (tertiary/aromatic N) is 3. The maximum Gasteiger partial charge on any atom is 0.236 e. The predicted octanol–water partition coefficient (Wildman–Crippen LogP) is 1.87. The molecule has 0 aromatic heterocycles. The topological polar surface area (TPSA) is 53.1 Å². The maximum absolute atomic E-state index is 12.7. The average Bonchev–Trinajstić information content (AvgIpc) is 3.04. The van der Waals surface area contributed by atoms with Gasteiger partial charge in [0.15, 0.2) is 0 Å². The molecule has 0 N–H and O–H groups in total. The van der Waals surface area contributed by atoms with E-state index in [-0.39, 0.29) is 17.9 Å². The lowest BCUT2D eigenvalue weighted by atomic mass is 10.2. The monoisotopic (exact) mass is 385 g/mol. The third kappa shape index (κ3) is 5.91. The number of rotatable bonds is 8. The Labute approximate surface area is 167 Å². The van der Waals surface area contributed by atoms with Crippen LogP contribution in [-0.2, 0) is 14.3 Å². The number of methoxy groups -OCH3 is 1. The van der Waals surface area contributed by atoms with Crippen molar-refractivity contribution in [2.24, 2.45) is 0 Å². The van der Waals surface area contributed by atoms with Crippen LogP contribution in [0.5, 0.6) is 0 Å². The molecule has 0 saturated carbocycles. The minimum Gasteiger partial charge on any atom is -0.378 e. The minimum absolute atomic E-state index is 0.00462. The van der Waals surface area contributed by atoms with Gasteiger partial charge in [-0.05, 0) is 18.4 Å². The van der Waals surface area contributed by atoms with Gasteiger partial charge in [-0.3, -0.25) is 14.5 Å². The number of hydrogen-bond acceptors (Lipinski definition) is 4. The standard InChI is InChI=1S/C22H31N3O3/c1-28-20-16-23(12-5-10-19-8-3-2-4-9-19)18-22(27)25(17-20)15-7-14-24-13-6-11-21(24)26/h2-5,8-10,20H,6-7,11-18H2,1H3/b10-5+. The number of hydrogen-bond donors (Lipinski definition) is 0. The molecular weight excluding hydrogens is 354 g/mol. The van der Waals surface area contributed by atoms with E-state index in [1.54, 1.807) is 7.11 Å². The third-order valence-electron chi connectivity index (χ3n) is 5.43. The molecule has 1 atom stereocenters. The van der Waals surface area contributed by atoms with Gasteiger partial charge < -0.3 is 14.5 Å². The fraction of sp³-hybridized carbons (Fsp3) is 0.545. The van der Waals surface area contributed by atoms with Crippen molar-refractivity contribution < 1.29 is 14.3 Å². The Morgan fingerprint density at radius 1 is 1.07 bits per heavy atom. The lowest BCUT2D eigenvalue weighted by Gasteiger charge is -2.24. The number of amides is 2. The van der Waals surface area contributed by atoms with Gasteiger partial charge in [0.05, 0.1) is 12.6 Å². The molecule has 3 rings (SSSR count). The molecule has 1 aromatic rings. The molecule has 2 saturated heterocycles. The van der Waals surface area contributed by atoms with Gasteiger partial charge in [-0.15, -0.1) is 0 Å². The summed E-state index contributed by atoms with van der Waals surface area (Å²) in [5.41, 5.74) is 1.16. The molecule has 6 heteroatoms. The van der Waals surface area contributed by atoms with E-state index in [4.69, 9.17) is 4.74 Å². The van der Waals surface area contributed by atoms with Crippen LogP contribution in [0.3, 0.4) is 0 Å². The fourth-order valence-electron chi connectivity index (χ4n) is 3.85. The third-order valence-corrected chi connectivity index (χ3v) is 5.43. The van der Waals surface area contributed by atoms with Gasteiger partial charge in [0, 0.05) is 52.8 Å². The van der Waals surface area contributed by atoms with Gasteiger partial charge in [-0.25, -0.2) is 0 Å². The summed E-state index contributed by atoms with van der Waals surface area (Å²) in [4.78, 5) is 30.4. The van der Waals surface area contributed by atoms with E-state index in [1.807, 2.05) is 28.0 Å². The van der Waals surface area contributed by atoms with Crippen LogP contribution in [0.15, 0.2) is 36.4 Å². The molecule has 2 aliphatic heterocycles. The number of carbonyl (C=O) groups is 2. The Bertz CT molecular complexity index is 677. The molecule has 1 aromatic carbocycles. The average molecular weight is 386 g/mol. The van der Waals surface area contributed by atoms with E-state index in [0.29, 0.717) is 26.1 Å². The van der Waals surface area contributed by atoms with E-state index in [1.165, 1.54) is 0 Å². The van der Waals surface area contributed by atoms with Crippen molar-refractivity contribution in [1.82, 2.24) is 14.7 Å². The van der Waals surface area contributed by atoms with Crippen LogP contribution in [0.4, 0.5) is 0 Å². The first-order valence-corrected chi connectivity index (χ1v) is 10.2. The van der Waals surface area contributed by atoms with Crippen molar-refractivity contribution in [3.05, 3.63) is 42.0 Å². The molecule has 2 aliphatic rings. The summed E-state index contributed by atoms with van der Waals surface area (Å²) in [6.45, 7) is 4.75. The summed E-state index contributed by atoms with van der Waals surface area (Å²) in [6.07, 6.45) is 6.64. The fourth-order valence-corrected chi connectivity index (χ4v) is 3.85. The van der Waals surface area contributed by atoms with E-state index in [9.17, 15) is 9.59 Å². The predicted molar refractivity (Wildman–Crippen MR) is 110 cm³/mol. The number of ether oxygens (including phenoxy) is 1. The summed E-state index contributed by atoms with van der Waals surface area (Å²) in [6, 6.07) is 10.2. The van der Waals surface area contributed by atoms with Crippen LogP contribution in [0.1, 0.15) is 24.8 Å². The molecule has 0 aliphatic carbocycles. The first-order valence-electron chi connectivity index (χ1n) is 10.2. The van der Waals surface area contributed by atoms with Gasteiger partial charge >= 0.3 is 0 Å². The Hall–Kier alpha value is -2.18. The van der Waals surface area contributed by atoms with Crippen LogP contribution < -0.4 is 0 Å². The lowest BCUT2D eigenvalue weighted by Crippen LogP contribution is -2.39. The van der Waals surface area contributed by atoms with E-state index in [2.05, 4.69) is 29.2 Å². The highest BCUT2D eigenvalue weighted by Gasteiger charge is 2.27. The molecule has 6 nitrogen and oxygen atoms in total. The molecule has 2 fully saturated rings. The number of likely N-dealkylation sites (tertiary alicyclic amines) is 1. The number of carbonyl (C=O) groups excluding carboxylic acids is 2. The highest BCUT2D eigenvalue weighted by molar-refractivity contribution is 5.79. The van der Waals surface area contributed by atoms with Crippen molar-refractivity contribution in [2.45, 2.75) is 25.4 Å². The van der Waals surface area contributed by atoms with Crippen molar-refractivity contribution in [3.8, 4) is 0 Å². The Morgan fingerprint density at radius 3 is 2.57 bits per heavy atom. The van der Waals surface area contributed by atoms with Gasteiger partial charge in [-0.2, -0.15) is 0 Å². The smallest absolute Gasteiger partial charge is 0.236 e. The molecular formula is C22H31N3O3. The molecule has 2 heterocycles. The van der Waals surface area contributed by atoms with Crippen molar-refractivity contribution in [1.29, 1.82) is 0 Å². The van der Waals surface area contributed by atoms with E-state index in [0.717, 1.165) is 44.6 Å². The van der Waals surface area contributed by atoms with Crippen LogP contribution in [-0.4, -0.2) is 85.5 Å². The lowest BCUT2D eigenvalue weighted by molar-refractivity contribution is -0.131. The zero-order valence-electron chi connectivity index (χ0n) is 16.8. The molecule has 28 heavy (non-hydrogen) atoms. The normalized spacial score (nSPS) is 21.7. The molecule has 0 bridgehead atoms. The Balaban J connectivity index is 1.50. The molecule has 1 unspecified atom stereocenters. The van der Waals surface area contributed by atoms with Crippen LogP contribution in [0, 0.1) is 0 Å². The van der Waals surface area contributed by atoms with Crippen molar-refractivity contribution in [2.75, 3.05) is 52.9 Å². The second-order valence-corrected chi connectivity index (χ2v) is 7.54. The zero-order chi connectivity index (χ0) is 19.8. The van der Waals surface area contributed by atoms with E-state index >= 15 is 0 Å². The van der Waals surface area contributed by atoms with Crippen LogP contribution in [0.25, 0.3) is 6.08 Å². The second-order valence-electron chi connectivity index (χ2n) is 7.54. The van der Waals surface area contributed by atoms with Crippen LogP contribution in [0.2, 0.25) is 0 Å². The highest BCUT2D eigenvalue weighted by atomic mass is 16.5. The zero-order valence-corrected chi connectivity index (χ0v) is 16.8. The van der Waals surface area contributed by atoms with E-state index < -0.39 is 0 Å². The highest BCUT2D eigenvalue weighted by Crippen LogP contribution is 2.12. The van der Waals surface area contributed by atoms with Crippen molar-refractivity contribution >= 4 is 17.9 Å². The first kappa shape index (κ1) is 20.6. The second kappa shape index (κ2) is 10.4. The summed E-state index contributed by atoms with van der Waals surface area (Å²) >= 11 is 0. The molecule has 2 amide bonds. The van der Waals surface area contributed by atoms with Crippen molar-refractivity contribution in [3.63, 3.8) is 0 Å². The largest absolute Gasteiger partial charge is 0.378 e. The summed E-state index contributed by atoms with van der Waals surface area (Å²) in [5.74, 6) is 0.383. The van der Waals surface area contributed by atoms with Gasteiger partial charge in [-0.1, -0.05) is 42.5 Å². The maximum atomic E-state index is 12.7. The summed E-state index contributed by atoms with van der Waals surface area (Å²) < 4.78 is 5.62. The SMILES string of the molecule is COC1CN(C/C=C/c2ccccc2)CC(=O)N(CCCN2CCCC2=O)C1. The van der Waals surface area contributed by atoms with Gasteiger partial charge in [0.25, 0.3) is 0 Å². The van der Waals surface area contributed by atoms with Gasteiger partial charge in [0.1, 0.15) is 0 Å². The van der Waals surface area contributed by atoms with Crippen LogP contribution >= 0.6 is 0 Å². The Morgan fingerprint density at radius 2 is 1.86 bits per heavy atom. The number of benzene rings is 1. The quantitative estimate of drug-likeness (QED) is 0.686. The van der Waals surface area contributed by atoms with Gasteiger partial charge in [0.2, 0.25) is 11.8 Å².